The minimum Gasteiger partial charge on any atom is -0.396 e. The molecule has 1 heterocycles. The maximum absolute atomic E-state index is 14.3. The second-order valence-corrected chi connectivity index (χ2v) is 5.80. The van der Waals surface area contributed by atoms with Gasteiger partial charge in [0, 0.05) is 32.5 Å². The summed E-state index contributed by atoms with van der Waals surface area (Å²) in [7, 11) is 1.51. The number of benzene rings is 1. The number of pyridine rings is 1. The number of carbonyl (C=O) groups is 1. The summed E-state index contributed by atoms with van der Waals surface area (Å²) in [4.78, 5) is 24.2. The predicted octanol–water partition coefficient (Wildman–Crippen LogP) is 0.915. The Labute approximate surface area is 150 Å². The Bertz CT molecular complexity index is 836. The van der Waals surface area contributed by atoms with Crippen molar-refractivity contribution in [2.45, 2.75) is 12.8 Å². The third-order valence-electron chi connectivity index (χ3n) is 3.80. The molecule has 0 unspecified atom stereocenters. The molecule has 0 saturated carbocycles. The molecule has 26 heavy (non-hydrogen) atoms. The van der Waals surface area contributed by atoms with Gasteiger partial charge in [-0.15, -0.1) is 0 Å². The van der Waals surface area contributed by atoms with Gasteiger partial charge in [-0.2, -0.15) is 0 Å². The molecule has 1 aromatic carbocycles. The zero-order valence-corrected chi connectivity index (χ0v) is 14.5. The van der Waals surface area contributed by atoms with Crippen molar-refractivity contribution in [2.75, 3.05) is 25.1 Å². The van der Waals surface area contributed by atoms with E-state index in [4.69, 9.17) is 10.2 Å². The van der Waals surface area contributed by atoms with Gasteiger partial charge >= 0.3 is 0 Å². The average Bonchev–Trinajstić information content (AvgIpc) is 2.62. The maximum atomic E-state index is 14.3. The van der Waals surface area contributed by atoms with Crippen molar-refractivity contribution in [3.05, 3.63) is 57.8 Å². The second-order valence-electron chi connectivity index (χ2n) is 5.80. The van der Waals surface area contributed by atoms with Crippen molar-refractivity contribution in [1.29, 1.82) is 0 Å². The van der Waals surface area contributed by atoms with E-state index in [1.807, 2.05) is 0 Å². The number of carbonyl (C=O) groups excluding carboxylic acids is 1. The van der Waals surface area contributed by atoms with Gasteiger partial charge in [0.25, 0.3) is 11.5 Å². The number of aromatic nitrogens is 1. The highest BCUT2D eigenvalue weighted by Gasteiger charge is 2.15. The van der Waals surface area contributed by atoms with Crippen LogP contribution < -0.4 is 16.2 Å². The average molecular weight is 363 g/mol. The Kier molecular flexibility index (Phi) is 6.88. The van der Waals surface area contributed by atoms with E-state index in [9.17, 15) is 14.0 Å². The van der Waals surface area contributed by atoms with Crippen LogP contribution in [0.4, 0.5) is 15.8 Å². The molecule has 2 aromatic rings. The van der Waals surface area contributed by atoms with Gasteiger partial charge in [0.2, 0.25) is 0 Å². The topological polar surface area (TPSA) is 104 Å². The lowest BCUT2D eigenvalue weighted by molar-refractivity contribution is 0.0945. The minimum absolute atomic E-state index is 0.0290. The fraction of sp³-hybridized carbons (Fsp3) is 0.333. The molecule has 7 nitrogen and oxygen atoms in total. The lowest BCUT2D eigenvalue weighted by Crippen LogP contribution is -2.29. The summed E-state index contributed by atoms with van der Waals surface area (Å²) in [5, 5.41) is 23.0. The van der Waals surface area contributed by atoms with E-state index in [0.717, 1.165) is 5.56 Å². The Morgan fingerprint density at radius 2 is 1.96 bits per heavy atom. The first-order valence-corrected chi connectivity index (χ1v) is 8.22. The number of rotatable bonds is 8. The van der Waals surface area contributed by atoms with Crippen LogP contribution in [0.3, 0.4) is 0 Å². The molecule has 0 fully saturated rings. The monoisotopic (exact) mass is 363 g/mol. The smallest absolute Gasteiger partial charge is 0.254 e. The summed E-state index contributed by atoms with van der Waals surface area (Å²) in [6.07, 6.45) is 2.44. The highest BCUT2D eigenvalue weighted by atomic mass is 19.1. The Morgan fingerprint density at radius 1 is 1.19 bits per heavy atom. The largest absolute Gasteiger partial charge is 0.396 e. The van der Waals surface area contributed by atoms with E-state index in [2.05, 4.69) is 10.6 Å². The minimum atomic E-state index is -0.525. The van der Waals surface area contributed by atoms with Crippen LogP contribution in [0.2, 0.25) is 0 Å². The second kappa shape index (κ2) is 9.12. The molecular formula is C18H22FN3O4. The van der Waals surface area contributed by atoms with Crippen molar-refractivity contribution in [3.63, 3.8) is 0 Å². The summed E-state index contributed by atoms with van der Waals surface area (Å²) in [5.41, 5.74) is 0.843. The SMILES string of the molecule is Cn1cc(C(=O)NCCO)c(Nc2ccc(CCCO)cc2F)cc1=O. The number of aliphatic hydroxyl groups excluding tert-OH is 2. The van der Waals surface area contributed by atoms with Gasteiger partial charge in [0.05, 0.1) is 23.5 Å². The summed E-state index contributed by atoms with van der Waals surface area (Å²) in [5.74, 6) is -1.01. The molecule has 0 aliphatic heterocycles. The van der Waals surface area contributed by atoms with Gasteiger partial charge in [-0.05, 0) is 30.5 Å². The number of halogens is 1. The molecule has 0 spiro atoms. The number of anilines is 2. The van der Waals surface area contributed by atoms with Crippen LogP contribution in [0.25, 0.3) is 0 Å². The van der Waals surface area contributed by atoms with E-state index in [1.54, 1.807) is 6.07 Å². The van der Waals surface area contributed by atoms with Crippen molar-refractivity contribution < 1.29 is 19.4 Å². The van der Waals surface area contributed by atoms with Gasteiger partial charge in [-0.3, -0.25) is 9.59 Å². The number of hydrogen-bond acceptors (Lipinski definition) is 5. The quantitative estimate of drug-likeness (QED) is 0.558. The van der Waals surface area contributed by atoms with E-state index in [0.29, 0.717) is 12.8 Å². The fourth-order valence-corrected chi connectivity index (χ4v) is 2.42. The molecule has 0 bridgehead atoms. The van der Waals surface area contributed by atoms with Crippen molar-refractivity contribution in [1.82, 2.24) is 9.88 Å². The van der Waals surface area contributed by atoms with Crippen LogP contribution >= 0.6 is 0 Å². The van der Waals surface area contributed by atoms with Crippen LogP contribution in [0.5, 0.6) is 0 Å². The molecule has 1 amide bonds. The third-order valence-corrected chi connectivity index (χ3v) is 3.80. The zero-order chi connectivity index (χ0) is 19.1. The van der Waals surface area contributed by atoms with Crippen LogP contribution in [0.15, 0.2) is 35.3 Å². The summed E-state index contributed by atoms with van der Waals surface area (Å²) in [6, 6.07) is 5.81. The first kappa shape index (κ1) is 19.6. The number of aryl methyl sites for hydroxylation is 2. The molecule has 8 heteroatoms. The highest BCUT2D eigenvalue weighted by molar-refractivity contribution is 6.00. The lowest BCUT2D eigenvalue weighted by atomic mass is 10.1. The van der Waals surface area contributed by atoms with Gasteiger partial charge in [0.15, 0.2) is 0 Å². The highest BCUT2D eigenvalue weighted by Crippen LogP contribution is 2.23. The van der Waals surface area contributed by atoms with E-state index >= 15 is 0 Å². The fourth-order valence-electron chi connectivity index (χ4n) is 2.42. The number of nitrogens with zero attached hydrogens (tertiary/aromatic N) is 1. The molecule has 140 valence electrons. The molecule has 0 saturated heterocycles. The van der Waals surface area contributed by atoms with Gasteiger partial charge < -0.3 is 25.4 Å². The Hall–Kier alpha value is -2.71. The van der Waals surface area contributed by atoms with E-state index in [-0.39, 0.29) is 42.3 Å². The maximum Gasteiger partial charge on any atom is 0.254 e. The molecule has 2 rings (SSSR count). The van der Waals surface area contributed by atoms with Crippen molar-refractivity contribution >= 4 is 17.3 Å². The lowest BCUT2D eigenvalue weighted by Gasteiger charge is -2.14. The molecule has 1 aromatic heterocycles. The van der Waals surface area contributed by atoms with Crippen LogP contribution in [-0.4, -0.2) is 40.4 Å². The molecule has 0 atom stereocenters. The predicted molar refractivity (Wildman–Crippen MR) is 96.2 cm³/mol. The Morgan fingerprint density at radius 3 is 2.62 bits per heavy atom. The summed E-state index contributed by atoms with van der Waals surface area (Å²) in [6.45, 7) is -0.125. The van der Waals surface area contributed by atoms with Gasteiger partial charge in [-0.1, -0.05) is 6.07 Å². The summed E-state index contributed by atoms with van der Waals surface area (Å²) >= 11 is 0. The number of aliphatic hydroxyl groups is 2. The van der Waals surface area contributed by atoms with Gasteiger partial charge in [0.1, 0.15) is 5.82 Å². The first-order chi connectivity index (χ1) is 12.5. The van der Waals surface area contributed by atoms with Gasteiger partial charge in [-0.25, -0.2) is 4.39 Å². The van der Waals surface area contributed by atoms with Crippen LogP contribution in [-0.2, 0) is 13.5 Å². The number of hydrogen-bond donors (Lipinski definition) is 4. The molecule has 0 aliphatic rings. The summed E-state index contributed by atoms with van der Waals surface area (Å²) < 4.78 is 15.6. The standard InChI is InChI=1S/C18H22FN3O4/c1-22-11-13(18(26)20-6-8-24)16(10-17(22)25)21-15-5-4-12(3-2-7-23)9-14(15)19/h4-5,9-11,21,23-24H,2-3,6-8H2,1H3,(H,20,26). The molecule has 0 radical (unpaired) electrons. The van der Waals surface area contributed by atoms with Crippen molar-refractivity contribution in [3.8, 4) is 0 Å². The molecular weight excluding hydrogens is 341 g/mol. The Balaban J connectivity index is 2.32. The van der Waals surface area contributed by atoms with Crippen LogP contribution in [0, 0.1) is 5.82 Å². The molecule has 4 N–H and O–H groups in total. The number of amides is 1. The van der Waals surface area contributed by atoms with E-state index in [1.165, 1.54) is 36.0 Å². The normalized spacial score (nSPS) is 10.6. The van der Waals surface area contributed by atoms with Crippen molar-refractivity contribution in [2.24, 2.45) is 7.05 Å². The van der Waals surface area contributed by atoms with Crippen LogP contribution in [0.1, 0.15) is 22.3 Å². The zero-order valence-electron chi connectivity index (χ0n) is 14.5. The van der Waals surface area contributed by atoms with E-state index < -0.39 is 11.7 Å². The molecule has 0 aliphatic carbocycles. The third kappa shape index (κ3) is 4.90. The number of nitrogens with one attached hydrogen (secondary N) is 2. The first-order valence-electron chi connectivity index (χ1n) is 8.22.